The second kappa shape index (κ2) is 12.4. The summed E-state index contributed by atoms with van der Waals surface area (Å²) in [4.78, 5) is 48.4. The minimum absolute atomic E-state index is 0.0600. The SMILES string of the molecule is COC(=O)C1C(C)=NC(=O)N(N(C=O)CC(O)CN2CCC(c3ccccn3)CC2)C1c1ccc(F)c(F)c1. The predicted molar refractivity (Wildman–Crippen MR) is 136 cm³/mol. The van der Waals surface area contributed by atoms with Gasteiger partial charge in [0.05, 0.1) is 25.8 Å². The summed E-state index contributed by atoms with van der Waals surface area (Å²) >= 11 is 0. The minimum atomic E-state index is -1.26. The maximum absolute atomic E-state index is 14.2. The van der Waals surface area contributed by atoms with Gasteiger partial charge in [0, 0.05) is 30.1 Å². The van der Waals surface area contributed by atoms with Crippen LogP contribution in [0, 0.1) is 17.6 Å². The number of hydrogen-bond donors (Lipinski definition) is 1. The molecule has 3 unspecified atom stereocenters. The van der Waals surface area contributed by atoms with Crippen molar-refractivity contribution >= 4 is 24.1 Å². The van der Waals surface area contributed by atoms with Gasteiger partial charge in [-0.1, -0.05) is 12.1 Å². The van der Waals surface area contributed by atoms with E-state index in [0.29, 0.717) is 25.4 Å². The molecular formula is C27H31F2N5O5. The van der Waals surface area contributed by atoms with Crippen molar-refractivity contribution in [3.05, 3.63) is 65.5 Å². The molecule has 2 aromatic rings. The zero-order valence-corrected chi connectivity index (χ0v) is 21.7. The van der Waals surface area contributed by atoms with Crippen LogP contribution in [0.5, 0.6) is 0 Å². The van der Waals surface area contributed by atoms with Crippen molar-refractivity contribution in [1.82, 2.24) is 19.9 Å². The maximum atomic E-state index is 14.2. The molecule has 1 aromatic carbocycles. The number of benzene rings is 1. The van der Waals surface area contributed by atoms with Gasteiger partial charge in [0.1, 0.15) is 5.92 Å². The molecule has 3 atom stereocenters. The molecule has 0 saturated carbocycles. The number of aliphatic hydroxyl groups excluding tert-OH is 1. The molecule has 0 bridgehead atoms. The summed E-state index contributed by atoms with van der Waals surface area (Å²) in [5.74, 6) is -3.93. The Hall–Kier alpha value is -3.77. The first-order valence-corrected chi connectivity index (χ1v) is 12.7. The normalized spacial score (nSPS) is 21.3. The number of halogens is 2. The van der Waals surface area contributed by atoms with E-state index in [-0.39, 0.29) is 24.4 Å². The summed E-state index contributed by atoms with van der Waals surface area (Å²) < 4.78 is 32.8. The smallest absolute Gasteiger partial charge is 0.362 e. The number of amides is 3. The van der Waals surface area contributed by atoms with Gasteiger partial charge in [-0.2, -0.15) is 0 Å². The van der Waals surface area contributed by atoms with Crippen LogP contribution in [-0.4, -0.2) is 88.5 Å². The van der Waals surface area contributed by atoms with E-state index in [1.807, 2.05) is 18.2 Å². The molecule has 1 fully saturated rings. The van der Waals surface area contributed by atoms with Gasteiger partial charge >= 0.3 is 12.0 Å². The first-order valence-electron chi connectivity index (χ1n) is 12.7. The van der Waals surface area contributed by atoms with E-state index in [1.165, 1.54) is 13.0 Å². The number of carbonyl (C=O) groups excluding carboxylic acids is 3. The highest BCUT2D eigenvalue weighted by molar-refractivity contribution is 6.08. The van der Waals surface area contributed by atoms with Crippen molar-refractivity contribution in [2.75, 3.05) is 33.3 Å². The highest BCUT2D eigenvalue weighted by Crippen LogP contribution is 2.36. The van der Waals surface area contributed by atoms with Gasteiger partial charge in [0.2, 0.25) is 6.41 Å². The zero-order chi connectivity index (χ0) is 28.1. The number of nitrogens with zero attached hydrogens (tertiary/aromatic N) is 5. The van der Waals surface area contributed by atoms with Crippen LogP contribution in [0.2, 0.25) is 0 Å². The molecule has 1 aromatic heterocycles. The molecule has 1 saturated heterocycles. The van der Waals surface area contributed by atoms with Crippen LogP contribution in [0.15, 0.2) is 47.6 Å². The average molecular weight is 544 g/mol. The van der Waals surface area contributed by atoms with E-state index < -0.39 is 41.7 Å². The van der Waals surface area contributed by atoms with E-state index in [9.17, 15) is 28.3 Å². The summed E-state index contributed by atoms with van der Waals surface area (Å²) in [5.41, 5.74) is 1.19. The largest absolute Gasteiger partial charge is 0.468 e. The van der Waals surface area contributed by atoms with Crippen LogP contribution < -0.4 is 0 Å². The molecule has 3 amide bonds. The average Bonchev–Trinajstić information content (AvgIpc) is 2.93. The number of likely N-dealkylation sites (tertiary alicyclic amines) is 1. The van der Waals surface area contributed by atoms with E-state index >= 15 is 0 Å². The van der Waals surface area contributed by atoms with Crippen LogP contribution >= 0.6 is 0 Å². The van der Waals surface area contributed by atoms with Gasteiger partial charge in [-0.3, -0.25) is 14.6 Å². The second-order valence-corrected chi connectivity index (χ2v) is 9.71. The van der Waals surface area contributed by atoms with Crippen molar-refractivity contribution in [3.8, 4) is 0 Å². The molecule has 10 nitrogen and oxygen atoms in total. The number of β-amino-alcohol motifs (C(OH)–C–C–N with tert-alkyl or cyclic N) is 1. The lowest BCUT2D eigenvalue weighted by Crippen LogP contribution is -2.56. The van der Waals surface area contributed by atoms with E-state index in [4.69, 9.17) is 4.74 Å². The third kappa shape index (κ3) is 6.28. The number of aliphatic imine (C=N–C) groups is 1. The molecule has 3 heterocycles. The lowest BCUT2D eigenvalue weighted by atomic mass is 9.87. The highest BCUT2D eigenvalue weighted by Gasteiger charge is 2.46. The third-order valence-electron chi connectivity index (χ3n) is 7.20. The van der Waals surface area contributed by atoms with Crippen molar-refractivity contribution < 1.29 is 33.0 Å². The quantitative estimate of drug-likeness (QED) is 0.382. The number of aromatic nitrogens is 1. The summed E-state index contributed by atoms with van der Waals surface area (Å²) in [6.45, 7) is 2.82. The second-order valence-electron chi connectivity index (χ2n) is 9.71. The fourth-order valence-corrected chi connectivity index (χ4v) is 5.27. The Bertz CT molecular complexity index is 1220. The van der Waals surface area contributed by atoms with Crippen molar-refractivity contribution in [3.63, 3.8) is 0 Å². The van der Waals surface area contributed by atoms with Crippen molar-refractivity contribution in [2.24, 2.45) is 10.9 Å². The first-order chi connectivity index (χ1) is 18.7. The Morgan fingerprint density at radius 3 is 2.59 bits per heavy atom. The fraction of sp³-hybridized carbons (Fsp3) is 0.444. The molecule has 1 N–H and O–H groups in total. The molecule has 0 spiro atoms. The van der Waals surface area contributed by atoms with Crippen LogP contribution in [0.25, 0.3) is 0 Å². The molecule has 4 rings (SSSR count). The Labute approximate surface area is 224 Å². The molecule has 0 aliphatic carbocycles. The van der Waals surface area contributed by atoms with Gasteiger partial charge in [-0.25, -0.2) is 28.6 Å². The van der Waals surface area contributed by atoms with E-state index in [2.05, 4.69) is 14.9 Å². The standard InChI is InChI=1S/C27H31F2N5O5/c1-17-24(26(37)39-2)25(19-6-7-21(28)22(29)13-19)34(27(38)31-17)33(16-35)15-20(36)14-32-11-8-18(9-12-32)23-5-3-4-10-30-23/h3-7,10,13,16,18,20,24-25,36H,8-9,11-12,14-15H2,1-2H3. The number of piperidine rings is 1. The number of hydrogen-bond acceptors (Lipinski definition) is 7. The van der Waals surface area contributed by atoms with E-state index in [1.54, 1.807) is 6.20 Å². The fourth-order valence-electron chi connectivity index (χ4n) is 5.27. The molecule has 2 aliphatic rings. The molecular weight excluding hydrogens is 512 g/mol. The monoisotopic (exact) mass is 543 g/mol. The molecule has 208 valence electrons. The molecule has 12 heteroatoms. The number of carbonyl (C=O) groups is 3. The lowest BCUT2D eigenvalue weighted by molar-refractivity contribution is -0.151. The topological polar surface area (TPSA) is 116 Å². The number of esters is 1. The van der Waals surface area contributed by atoms with Gasteiger partial charge in [0.25, 0.3) is 0 Å². The van der Waals surface area contributed by atoms with Gasteiger partial charge < -0.3 is 14.7 Å². The molecule has 2 aliphatic heterocycles. The first kappa shape index (κ1) is 28.2. The number of rotatable bonds is 9. The van der Waals surface area contributed by atoms with Crippen molar-refractivity contribution in [2.45, 2.75) is 37.8 Å². The number of hydrazine groups is 1. The van der Waals surface area contributed by atoms with E-state index in [0.717, 1.165) is 47.8 Å². The van der Waals surface area contributed by atoms with Crippen LogP contribution in [0.1, 0.15) is 43.0 Å². The maximum Gasteiger partial charge on any atom is 0.362 e. The van der Waals surface area contributed by atoms with Crippen LogP contribution in [0.4, 0.5) is 13.6 Å². The summed E-state index contributed by atoms with van der Waals surface area (Å²) in [6.07, 6.45) is 2.78. The Morgan fingerprint density at radius 2 is 1.97 bits per heavy atom. The van der Waals surface area contributed by atoms with Gasteiger partial charge in [-0.05, 0) is 62.7 Å². The number of ether oxygens (including phenoxy) is 1. The molecule has 39 heavy (non-hydrogen) atoms. The predicted octanol–water partition coefficient (Wildman–Crippen LogP) is 2.70. The number of pyridine rings is 1. The molecule has 0 radical (unpaired) electrons. The Morgan fingerprint density at radius 1 is 1.23 bits per heavy atom. The lowest BCUT2D eigenvalue weighted by Gasteiger charge is -2.43. The number of urea groups is 1. The van der Waals surface area contributed by atoms with Crippen LogP contribution in [-0.2, 0) is 14.3 Å². The highest BCUT2D eigenvalue weighted by atomic mass is 19.2. The van der Waals surface area contributed by atoms with Gasteiger partial charge in [0.15, 0.2) is 11.6 Å². The third-order valence-corrected chi connectivity index (χ3v) is 7.20. The number of aliphatic hydroxyl groups is 1. The van der Waals surface area contributed by atoms with Gasteiger partial charge in [-0.15, -0.1) is 0 Å². The van der Waals surface area contributed by atoms with Crippen LogP contribution in [0.3, 0.4) is 0 Å². The summed E-state index contributed by atoms with van der Waals surface area (Å²) in [5, 5.41) is 12.7. The summed E-state index contributed by atoms with van der Waals surface area (Å²) in [6, 6.07) is 6.64. The van der Waals surface area contributed by atoms with Crippen molar-refractivity contribution in [1.29, 1.82) is 0 Å². The minimum Gasteiger partial charge on any atom is -0.468 e. The Balaban J connectivity index is 1.51. The zero-order valence-electron chi connectivity index (χ0n) is 21.7. The summed E-state index contributed by atoms with van der Waals surface area (Å²) in [7, 11) is 1.15. The number of methoxy groups -OCH3 is 1. The Kier molecular flexibility index (Phi) is 8.97.